The van der Waals surface area contributed by atoms with E-state index in [4.69, 9.17) is 5.73 Å². The average Bonchev–Trinajstić information content (AvgIpc) is 2.59. The molecule has 1 nitrogen and oxygen atoms in total. The molecule has 0 saturated heterocycles. The summed E-state index contributed by atoms with van der Waals surface area (Å²) in [6, 6.07) is 0. The number of hydrogen-bond acceptors (Lipinski definition) is 1. The van der Waals surface area contributed by atoms with Crippen LogP contribution in [0, 0.1) is 5.92 Å². The predicted octanol–water partition coefficient (Wildman–Crippen LogP) is 1.61. The lowest BCUT2D eigenvalue weighted by Crippen LogP contribution is -2.22. The molecule has 0 aromatic rings. The van der Waals surface area contributed by atoms with Crippen LogP contribution in [0.15, 0.2) is 23.8 Å². The Kier molecular flexibility index (Phi) is 1.07. The van der Waals surface area contributed by atoms with Crippen LogP contribution < -0.4 is 5.73 Å². The van der Waals surface area contributed by atoms with Crippen molar-refractivity contribution in [3.63, 3.8) is 0 Å². The van der Waals surface area contributed by atoms with Crippen LogP contribution in [-0.2, 0) is 0 Å². The molecule has 0 bridgehead atoms. The van der Waals surface area contributed by atoms with Gasteiger partial charge in [0.1, 0.15) is 0 Å². The maximum atomic E-state index is 5.94. The SMILES string of the molecule is CCC1=CC2CC2(N)C=C1. The molecule has 2 atom stereocenters. The highest BCUT2D eigenvalue weighted by Gasteiger charge is 2.48. The van der Waals surface area contributed by atoms with E-state index in [1.165, 1.54) is 5.57 Å². The molecule has 1 saturated carbocycles. The van der Waals surface area contributed by atoms with Gasteiger partial charge in [-0.1, -0.05) is 30.7 Å². The summed E-state index contributed by atoms with van der Waals surface area (Å²) in [6.45, 7) is 2.18. The molecule has 2 N–H and O–H groups in total. The molecule has 1 fully saturated rings. The van der Waals surface area contributed by atoms with Crippen LogP contribution in [-0.4, -0.2) is 5.54 Å². The smallest absolute Gasteiger partial charge is 0.0413 e. The summed E-state index contributed by atoms with van der Waals surface area (Å²) < 4.78 is 0. The topological polar surface area (TPSA) is 26.0 Å². The second-order valence-corrected chi connectivity index (χ2v) is 3.35. The molecule has 54 valence electrons. The number of allylic oxidation sites excluding steroid dienone is 2. The lowest BCUT2D eigenvalue weighted by molar-refractivity contribution is 0.781. The molecule has 2 aliphatic carbocycles. The first-order chi connectivity index (χ1) is 4.74. The summed E-state index contributed by atoms with van der Waals surface area (Å²) in [6.07, 6.45) is 8.95. The second kappa shape index (κ2) is 1.73. The van der Waals surface area contributed by atoms with Gasteiger partial charge in [-0.25, -0.2) is 0 Å². The largest absolute Gasteiger partial charge is 0.321 e. The standard InChI is InChI=1S/C9H13N/c1-2-7-3-4-9(10)6-8(9)5-7/h3-5,8H,2,6,10H2,1H3. The average molecular weight is 135 g/mol. The van der Waals surface area contributed by atoms with Gasteiger partial charge in [-0.15, -0.1) is 0 Å². The van der Waals surface area contributed by atoms with Crippen molar-refractivity contribution in [2.45, 2.75) is 25.3 Å². The third-order valence-electron chi connectivity index (χ3n) is 2.53. The fourth-order valence-electron chi connectivity index (χ4n) is 1.54. The van der Waals surface area contributed by atoms with E-state index in [1.807, 2.05) is 0 Å². The highest BCUT2D eigenvalue weighted by molar-refractivity contribution is 5.38. The van der Waals surface area contributed by atoms with E-state index in [2.05, 4.69) is 25.2 Å². The number of hydrogen-bond donors (Lipinski definition) is 1. The second-order valence-electron chi connectivity index (χ2n) is 3.35. The van der Waals surface area contributed by atoms with Gasteiger partial charge in [0.2, 0.25) is 0 Å². The Morgan fingerprint density at radius 2 is 2.60 bits per heavy atom. The van der Waals surface area contributed by atoms with Crippen molar-refractivity contribution in [3.05, 3.63) is 23.8 Å². The first-order valence-corrected chi connectivity index (χ1v) is 3.93. The minimum atomic E-state index is 0.0681. The van der Waals surface area contributed by atoms with Gasteiger partial charge in [-0.3, -0.25) is 0 Å². The Balaban J connectivity index is 2.20. The van der Waals surface area contributed by atoms with E-state index < -0.39 is 0 Å². The molecule has 2 aliphatic rings. The van der Waals surface area contributed by atoms with Crippen molar-refractivity contribution in [1.82, 2.24) is 0 Å². The van der Waals surface area contributed by atoms with Gasteiger partial charge < -0.3 is 5.73 Å². The Morgan fingerprint density at radius 3 is 3.20 bits per heavy atom. The van der Waals surface area contributed by atoms with Gasteiger partial charge in [0.25, 0.3) is 0 Å². The van der Waals surface area contributed by atoms with Crippen molar-refractivity contribution >= 4 is 0 Å². The molecular formula is C9H13N. The fraction of sp³-hybridized carbons (Fsp3) is 0.556. The van der Waals surface area contributed by atoms with Gasteiger partial charge >= 0.3 is 0 Å². The van der Waals surface area contributed by atoms with Crippen molar-refractivity contribution < 1.29 is 0 Å². The first-order valence-electron chi connectivity index (χ1n) is 3.93. The minimum Gasteiger partial charge on any atom is -0.321 e. The molecule has 10 heavy (non-hydrogen) atoms. The molecule has 0 heterocycles. The van der Waals surface area contributed by atoms with E-state index in [9.17, 15) is 0 Å². The Bertz CT molecular complexity index is 215. The summed E-state index contributed by atoms with van der Waals surface area (Å²) >= 11 is 0. The molecule has 2 unspecified atom stereocenters. The summed E-state index contributed by atoms with van der Waals surface area (Å²) in [5.41, 5.74) is 7.45. The number of rotatable bonds is 1. The van der Waals surface area contributed by atoms with Crippen LogP contribution in [0.1, 0.15) is 19.8 Å². The Morgan fingerprint density at radius 1 is 1.80 bits per heavy atom. The zero-order valence-corrected chi connectivity index (χ0v) is 6.30. The molecule has 0 amide bonds. The van der Waals surface area contributed by atoms with E-state index in [0.717, 1.165) is 12.8 Å². The molecule has 0 aromatic carbocycles. The Hall–Kier alpha value is -0.560. The van der Waals surface area contributed by atoms with E-state index in [-0.39, 0.29) is 5.54 Å². The van der Waals surface area contributed by atoms with Crippen molar-refractivity contribution in [3.8, 4) is 0 Å². The zero-order valence-electron chi connectivity index (χ0n) is 6.30. The third kappa shape index (κ3) is 0.739. The van der Waals surface area contributed by atoms with Gasteiger partial charge in [-0.05, 0) is 12.8 Å². The molecule has 0 aliphatic heterocycles. The van der Waals surface area contributed by atoms with Crippen LogP contribution in [0.5, 0.6) is 0 Å². The zero-order chi connectivity index (χ0) is 7.19. The van der Waals surface area contributed by atoms with Crippen molar-refractivity contribution in [2.24, 2.45) is 11.7 Å². The van der Waals surface area contributed by atoms with Crippen LogP contribution >= 0.6 is 0 Å². The highest BCUT2D eigenvalue weighted by atomic mass is 14.8. The number of fused-ring (bicyclic) bond motifs is 1. The van der Waals surface area contributed by atoms with Crippen LogP contribution in [0.3, 0.4) is 0 Å². The molecule has 0 radical (unpaired) electrons. The highest BCUT2D eigenvalue weighted by Crippen LogP contribution is 2.46. The molecule has 0 spiro atoms. The van der Waals surface area contributed by atoms with Gasteiger partial charge in [-0.2, -0.15) is 0 Å². The van der Waals surface area contributed by atoms with Gasteiger partial charge in [0.05, 0.1) is 0 Å². The number of nitrogens with two attached hydrogens (primary N) is 1. The lowest BCUT2D eigenvalue weighted by Gasteiger charge is -2.09. The van der Waals surface area contributed by atoms with Gasteiger partial charge in [0.15, 0.2) is 0 Å². The maximum Gasteiger partial charge on any atom is 0.0413 e. The maximum absolute atomic E-state index is 5.94. The predicted molar refractivity (Wildman–Crippen MR) is 42.5 cm³/mol. The minimum absolute atomic E-state index is 0.0681. The monoisotopic (exact) mass is 135 g/mol. The van der Waals surface area contributed by atoms with E-state index in [1.54, 1.807) is 0 Å². The van der Waals surface area contributed by atoms with Gasteiger partial charge in [0, 0.05) is 11.5 Å². The summed E-state index contributed by atoms with van der Waals surface area (Å²) in [5, 5.41) is 0. The summed E-state index contributed by atoms with van der Waals surface area (Å²) in [4.78, 5) is 0. The normalized spacial score (nSPS) is 42.6. The van der Waals surface area contributed by atoms with Crippen molar-refractivity contribution in [2.75, 3.05) is 0 Å². The third-order valence-corrected chi connectivity index (χ3v) is 2.53. The van der Waals surface area contributed by atoms with E-state index >= 15 is 0 Å². The van der Waals surface area contributed by atoms with Crippen LogP contribution in [0.4, 0.5) is 0 Å². The summed E-state index contributed by atoms with van der Waals surface area (Å²) in [7, 11) is 0. The quantitative estimate of drug-likeness (QED) is 0.580. The molecule has 1 heteroatoms. The Labute approximate surface area is 61.6 Å². The molecule has 2 rings (SSSR count). The fourth-order valence-corrected chi connectivity index (χ4v) is 1.54. The van der Waals surface area contributed by atoms with Crippen molar-refractivity contribution in [1.29, 1.82) is 0 Å². The first kappa shape index (κ1) is 6.17. The van der Waals surface area contributed by atoms with Crippen LogP contribution in [0.25, 0.3) is 0 Å². The summed E-state index contributed by atoms with van der Waals surface area (Å²) in [5.74, 6) is 0.660. The molecular weight excluding hydrogens is 122 g/mol. The van der Waals surface area contributed by atoms with Crippen LogP contribution in [0.2, 0.25) is 0 Å². The molecule has 0 aromatic heterocycles. The lowest BCUT2D eigenvalue weighted by atomic mass is 10.0. The van der Waals surface area contributed by atoms with E-state index in [0.29, 0.717) is 5.92 Å².